The third-order valence-corrected chi connectivity index (χ3v) is 3.25. The lowest BCUT2D eigenvalue weighted by atomic mass is 10.2. The SMILES string of the molecule is OCc1cccc(Nc2nccc(-c3ccnc(Cl)c3)n2)c1. The zero-order valence-corrected chi connectivity index (χ0v) is 12.3. The molecule has 1 aromatic carbocycles. The molecular formula is C16H13ClN4O. The van der Waals surface area contributed by atoms with Gasteiger partial charge in [-0.15, -0.1) is 0 Å². The second kappa shape index (κ2) is 6.51. The minimum Gasteiger partial charge on any atom is -0.392 e. The molecule has 110 valence electrons. The van der Waals surface area contributed by atoms with Gasteiger partial charge >= 0.3 is 0 Å². The van der Waals surface area contributed by atoms with Gasteiger partial charge in [-0.3, -0.25) is 0 Å². The number of pyridine rings is 1. The first-order chi connectivity index (χ1) is 10.7. The molecule has 22 heavy (non-hydrogen) atoms. The van der Waals surface area contributed by atoms with Crippen LogP contribution in [0.25, 0.3) is 11.3 Å². The smallest absolute Gasteiger partial charge is 0.227 e. The van der Waals surface area contributed by atoms with Crippen LogP contribution >= 0.6 is 11.6 Å². The molecular weight excluding hydrogens is 300 g/mol. The molecule has 0 saturated heterocycles. The summed E-state index contributed by atoms with van der Waals surface area (Å²) in [5.74, 6) is 0.473. The Morgan fingerprint density at radius 2 is 1.91 bits per heavy atom. The minimum absolute atomic E-state index is 0.00800. The van der Waals surface area contributed by atoms with Gasteiger partial charge in [0, 0.05) is 23.6 Å². The molecule has 0 spiro atoms. The van der Waals surface area contributed by atoms with Gasteiger partial charge in [-0.05, 0) is 35.9 Å². The predicted molar refractivity (Wildman–Crippen MR) is 85.9 cm³/mol. The lowest BCUT2D eigenvalue weighted by Gasteiger charge is -2.07. The van der Waals surface area contributed by atoms with Gasteiger partial charge in [0.25, 0.3) is 0 Å². The number of benzene rings is 1. The first-order valence-electron chi connectivity index (χ1n) is 6.66. The molecule has 3 rings (SSSR count). The molecule has 5 nitrogen and oxygen atoms in total. The van der Waals surface area contributed by atoms with Crippen LogP contribution < -0.4 is 5.32 Å². The summed E-state index contributed by atoms with van der Waals surface area (Å²) in [5, 5.41) is 12.7. The number of halogens is 1. The first kappa shape index (κ1) is 14.4. The Kier molecular flexibility index (Phi) is 4.27. The van der Waals surface area contributed by atoms with E-state index in [4.69, 9.17) is 16.7 Å². The van der Waals surface area contributed by atoms with Crippen molar-refractivity contribution in [3.8, 4) is 11.3 Å². The molecule has 0 radical (unpaired) electrons. The van der Waals surface area contributed by atoms with Crippen LogP contribution in [0.1, 0.15) is 5.56 Å². The molecule has 0 aliphatic heterocycles. The molecule has 3 aromatic rings. The topological polar surface area (TPSA) is 70.9 Å². The van der Waals surface area contributed by atoms with Crippen molar-refractivity contribution in [2.45, 2.75) is 6.61 Å². The first-order valence-corrected chi connectivity index (χ1v) is 7.04. The van der Waals surface area contributed by atoms with E-state index in [2.05, 4.69) is 20.3 Å². The maximum absolute atomic E-state index is 9.17. The average molecular weight is 313 g/mol. The Morgan fingerprint density at radius 3 is 2.73 bits per heavy atom. The third kappa shape index (κ3) is 3.39. The molecule has 2 heterocycles. The number of aromatic nitrogens is 3. The quantitative estimate of drug-likeness (QED) is 0.722. The van der Waals surface area contributed by atoms with Crippen molar-refractivity contribution in [1.29, 1.82) is 0 Å². The van der Waals surface area contributed by atoms with Crippen LogP contribution in [0.15, 0.2) is 54.9 Å². The fourth-order valence-corrected chi connectivity index (χ4v) is 2.19. The van der Waals surface area contributed by atoms with Gasteiger partial charge < -0.3 is 10.4 Å². The molecule has 0 bridgehead atoms. The van der Waals surface area contributed by atoms with E-state index in [1.807, 2.05) is 30.3 Å². The van der Waals surface area contributed by atoms with E-state index in [-0.39, 0.29) is 6.61 Å². The Balaban J connectivity index is 1.88. The normalized spacial score (nSPS) is 10.5. The minimum atomic E-state index is -0.00800. The van der Waals surface area contributed by atoms with E-state index >= 15 is 0 Å². The Morgan fingerprint density at radius 1 is 1.05 bits per heavy atom. The molecule has 6 heteroatoms. The van der Waals surface area contributed by atoms with Gasteiger partial charge in [0.05, 0.1) is 12.3 Å². The van der Waals surface area contributed by atoms with Gasteiger partial charge in [-0.2, -0.15) is 0 Å². The molecule has 0 amide bonds. The summed E-state index contributed by atoms with van der Waals surface area (Å²) in [6.45, 7) is -0.00800. The molecule has 0 fully saturated rings. The molecule has 0 unspecified atom stereocenters. The Labute approximate surface area is 132 Å². The number of aliphatic hydroxyl groups is 1. The van der Waals surface area contributed by atoms with E-state index in [9.17, 15) is 0 Å². The predicted octanol–water partition coefficient (Wildman–Crippen LogP) is 3.43. The highest BCUT2D eigenvalue weighted by Crippen LogP contribution is 2.21. The summed E-state index contributed by atoms with van der Waals surface area (Å²) in [4.78, 5) is 12.6. The van der Waals surface area contributed by atoms with Gasteiger partial charge in [-0.1, -0.05) is 23.7 Å². The Hall–Kier alpha value is -2.50. The van der Waals surface area contributed by atoms with Crippen LogP contribution in [0.2, 0.25) is 5.15 Å². The number of hydrogen-bond acceptors (Lipinski definition) is 5. The zero-order valence-electron chi connectivity index (χ0n) is 11.6. The van der Waals surface area contributed by atoms with E-state index in [1.54, 1.807) is 24.5 Å². The lowest BCUT2D eigenvalue weighted by molar-refractivity contribution is 0.282. The number of hydrogen-bond donors (Lipinski definition) is 2. The second-order valence-electron chi connectivity index (χ2n) is 4.62. The molecule has 0 saturated carbocycles. The van der Waals surface area contributed by atoms with Crippen LogP contribution in [-0.4, -0.2) is 20.1 Å². The van der Waals surface area contributed by atoms with Crippen molar-refractivity contribution in [1.82, 2.24) is 15.0 Å². The van der Waals surface area contributed by atoms with Crippen molar-refractivity contribution in [2.24, 2.45) is 0 Å². The summed E-state index contributed by atoms with van der Waals surface area (Å²) in [6, 6.07) is 12.8. The molecule has 0 atom stereocenters. The summed E-state index contributed by atoms with van der Waals surface area (Å²) < 4.78 is 0. The monoisotopic (exact) mass is 312 g/mol. The maximum atomic E-state index is 9.17. The van der Waals surface area contributed by atoms with Crippen LogP contribution in [0.4, 0.5) is 11.6 Å². The number of nitrogens with zero attached hydrogens (tertiary/aromatic N) is 3. The van der Waals surface area contributed by atoms with E-state index in [0.717, 1.165) is 22.5 Å². The van der Waals surface area contributed by atoms with Crippen LogP contribution in [0, 0.1) is 0 Å². The van der Waals surface area contributed by atoms with Gasteiger partial charge in [-0.25, -0.2) is 15.0 Å². The summed E-state index contributed by atoms with van der Waals surface area (Å²) >= 11 is 5.90. The largest absolute Gasteiger partial charge is 0.392 e. The van der Waals surface area contributed by atoms with Crippen LogP contribution in [-0.2, 0) is 6.61 Å². The van der Waals surface area contributed by atoms with Crippen molar-refractivity contribution in [3.05, 3.63) is 65.6 Å². The molecule has 0 aliphatic carbocycles. The molecule has 2 aromatic heterocycles. The average Bonchev–Trinajstić information content (AvgIpc) is 2.55. The zero-order chi connectivity index (χ0) is 15.4. The van der Waals surface area contributed by atoms with E-state index < -0.39 is 0 Å². The summed E-state index contributed by atoms with van der Waals surface area (Å²) in [5.41, 5.74) is 3.26. The van der Waals surface area contributed by atoms with E-state index in [0.29, 0.717) is 11.1 Å². The van der Waals surface area contributed by atoms with Crippen molar-refractivity contribution in [3.63, 3.8) is 0 Å². The highest BCUT2D eigenvalue weighted by atomic mass is 35.5. The number of anilines is 2. The third-order valence-electron chi connectivity index (χ3n) is 3.04. The van der Waals surface area contributed by atoms with Gasteiger partial charge in [0.2, 0.25) is 5.95 Å². The number of nitrogens with one attached hydrogen (secondary N) is 1. The molecule has 0 aliphatic rings. The van der Waals surface area contributed by atoms with Crippen molar-refractivity contribution >= 4 is 23.2 Å². The van der Waals surface area contributed by atoms with Gasteiger partial charge in [0.1, 0.15) is 5.15 Å². The Bertz CT molecular complexity index is 794. The molecule has 2 N–H and O–H groups in total. The fraction of sp³-hybridized carbons (Fsp3) is 0.0625. The highest BCUT2D eigenvalue weighted by Gasteiger charge is 2.04. The fourth-order valence-electron chi connectivity index (χ4n) is 2.02. The number of rotatable bonds is 4. The summed E-state index contributed by atoms with van der Waals surface area (Å²) in [7, 11) is 0. The van der Waals surface area contributed by atoms with Crippen molar-refractivity contribution in [2.75, 3.05) is 5.32 Å². The van der Waals surface area contributed by atoms with Crippen LogP contribution in [0.3, 0.4) is 0 Å². The maximum Gasteiger partial charge on any atom is 0.227 e. The second-order valence-corrected chi connectivity index (χ2v) is 5.00. The highest BCUT2D eigenvalue weighted by molar-refractivity contribution is 6.29. The van der Waals surface area contributed by atoms with E-state index in [1.165, 1.54) is 0 Å². The van der Waals surface area contributed by atoms with Gasteiger partial charge in [0.15, 0.2) is 0 Å². The lowest BCUT2D eigenvalue weighted by Crippen LogP contribution is -1.98. The number of aliphatic hydroxyl groups excluding tert-OH is 1. The summed E-state index contributed by atoms with van der Waals surface area (Å²) in [6.07, 6.45) is 3.31. The van der Waals surface area contributed by atoms with Crippen LogP contribution in [0.5, 0.6) is 0 Å². The van der Waals surface area contributed by atoms with Crippen molar-refractivity contribution < 1.29 is 5.11 Å². The standard InChI is InChI=1S/C16H13ClN4O/c17-15-9-12(4-6-18-15)14-5-7-19-16(21-14)20-13-3-1-2-11(8-13)10-22/h1-9,22H,10H2,(H,19,20,21).